The molecule has 0 saturated heterocycles. The van der Waals surface area contributed by atoms with Crippen LogP contribution in [0.4, 0.5) is 0 Å². The zero-order chi connectivity index (χ0) is 17.6. The molecule has 1 N–H and O–H groups in total. The second-order valence-electron chi connectivity index (χ2n) is 6.14. The van der Waals surface area contributed by atoms with E-state index in [1.165, 1.54) is 9.58 Å². The molecule has 1 aromatic carbocycles. The van der Waals surface area contributed by atoms with Crippen LogP contribution in [0, 0.1) is 0 Å². The summed E-state index contributed by atoms with van der Waals surface area (Å²) in [5.41, 5.74) is 6.61. The summed E-state index contributed by atoms with van der Waals surface area (Å²) >= 11 is 1.55. The Morgan fingerprint density at radius 1 is 1.20 bits per heavy atom. The number of nitrogens with zero attached hydrogens (tertiary/aromatic N) is 2. The molecule has 0 aliphatic carbocycles. The number of fused-ring (bicyclic) bond motifs is 3. The molecule has 2 aromatic heterocycles. The largest absolute Gasteiger partial charge is 0.345 e. The zero-order valence-corrected chi connectivity index (χ0v) is 14.8. The molecule has 3 aromatic rings. The standard InChI is InChI=1S/C19H17N3O2S/c1-21(2)18(23)15-10-14(12-6-4-3-5-7-12)19(24)22-16(15)17-13(11-20-22)8-9-25-17/h3-10,20H,11H2,1-2H3. The van der Waals surface area contributed by atoms with Crippen molar-refractivity contribution in [1.82, 2.24) is 9.58 Å². The highest BCUT2D eigenvalue weighted by Crippen LogP contribution is 2.35. The fraction of sp³-hybridized carbons (Fsp3) is 0.158. The molecule has 6 heteroatoms. The topological polar surface area (TPSA) is 54.3 Å². The molecular weight excluding hydrogens is 334 g/mol. The molecule has 0 radical (unpaired) electrons. The lowest BCUT2D eigenvalue weighted by atomic mass is 10.0. The number of hydrogen-bond acceptors (Lipinski definition) is 4. The van der Waals surface area contributed by atoms with Gasteiger partial charge < -0.3 is 10.3 Å². The minimum Gasteiger partial charge on any atom is -0.345 e. The van der Waals surface area contributed by atoms with Crippen LogP contribution in [-0.4, -0.2) is 29.6 Å². The van der Waals surface area contributed by atoms with Gasteiger partial charge in [0.1, 0.15) is 0 Å². The molecule has 4 rings (SSSR count). The van der Waals surface area contributed by atoms with Crippen molar-refractivity contribution in [2.45, 2.75) is 6.54 Å². The maximum absolute atomic E-state index is 13.1. The Kier molecular flexibility index (Phi) is 3.69. The summed E-state index contributed by atoms with van der Waals surface area (Å²) < 4.78 is 1.53. The van der Waals surface area contributed by atoms with Gasteiger partial charge in [-0.05, 0) is 28.6 Å². The number of pyridine rings is 1. The third-order valence-electron chi connectivity index (χ3n) is 4.31. The van der Waals surface area contributed by atoms with Crippen LogP contribution < -0.4 is 11.0 Å². The molecule has 0 spiro atoms. The average molecular weight is 351 g/mol. The molecule has 0 saturated carbocycles. The number of aromatic nitrogens is 1. The normalized spacial score (nSPS) is 12.1. The number of rotatable bonds is 2. The van der Waals surface area contributed by atoms with Crippen molar-refractivity contribution in [2.24, 2.45) is 0 Å². The Bertz CT molecular complexity index is 1020. The van der Waals surface area contributed by atoms with Crippen LogP contribution in [0.1, 0.15) is 15.9 Å². The molecule has 0 unspecified atom stereocenters. The SMILES string of the molecule is CN(C)C(=O)c1cc(-c2ccccc2)c(=O)n2c1-c1sccc1CN2. The lowest BCUT2D eigenvalue weighted by Crippen LogP contribution is -2.36. The number of nitrogens with one attached hydrogen (secondary N) is 1. The smallest absolute Gasteiger partial charge is 0.277 e. The summed E-state index contributed by atoms with van der Waals surface area (Å²) in [6.07, 6.45) is 0. The predicted molar refractivity (Wildman–Crippen MR) is 101 cm³/mol. The van der Waals surface area contributed by atoms with Gasteiger partial charge in [-0.3, -0.25) is 9.59 Å². The minimum absolute atomic E-state index is 0.121. The third-order valence-corrected chi connectivity index (χ3v) is 5.28. The van der Waals surface area contributed by atoms with Gasteiger partial charge >= 0.3 is 0 Å². The summed E-state index contributed by atoms with van der Waals surface area (Å²) in [5, 5.41) is 1.99. The van der Waals surface area contributed by atoms with Crippen LogP contribution in [-0.2, 0) is 6.54 Å². The molecule has 0 fully saturated rings. The zero-order valence-electron chi connectivity index (χ0n) is 13.9. The van der Waals surface area contributed by atoms with Gasteiger partial charge in [-0.15, -0.1) is 11.3 Å². The predicted octanol–water partition coefficient (Wildman–Crippen LogP) is 3.00. The van der Waals surface area contributed by atoms with Gasteiger partial charge in [0.25, 0.3) is 11.5 Å². The first-order chi connectivity index (χ1) is 12.1. The van der Waals surface area contributed by atoms with E-state index in [9.17, 15) is 9.59 Å². The monoisotopic (exact) mass is 351 g/mol. The first-order valence-electron chi connectivity index (χ1n) is 7.95. The summed E-state index contributed by atoms with van der Waals surface area (Å²) in [6.45, 7) is 0.569. The van der Waals surface area contributed by atoms with E-state index in [-0.39, 0.29) is 11.5 Å². The fourth-order valence-corrected chi connectivity index (χ4v) is 4.04. The van der Waals surface area contributed by atoms with Crippen molar-refractivity contribution in [2.75, 3.05) is 19.5 Å². The molecule has 1 aliphatic rings. The molecule has 1 aliphatic heterocycles. The molecule has 5 nitrogen and oxygen atoms in total. The lowest BCUT2D eigenvalue weighted by molar-refractivity contribution is 0.0827. The first-order valence-corrected chi connectivity index (χ1v) is 8.83. The summed E-state index contributed by atoms with van der Waals surface area (Å²) in [4.78, 5) is 28.4. The second-order valence-corrected chi connectivity index (χ2v) is 7.05. The number of carbonyl (C=O) groups is 1. The number of thiophene rings is 1. The summed E-state index contributed by atoms with van der Waals surface area (Å²) in [7, 11) is 3.44. The Labute approximate surface area is 149 Å². The van der Waals surface area contributed by atoms with E-state index in [1.807, 2.05) is 41.8 Å². The highest BCUT2D eigenvalue weighted by atomic mass is 32.1. The number of carbonyl (C=O) groups excluding carboxylic acids is 1. The Morgan fingerprint density at radius 3 is 2.68 bits per heavy atom. The van der Waals surface area contributed by atoms with Crippen LogP contribution >= 0.6 is 11.3 Å². The maximum Gasteiger partial charge on any atom is 0.277 e. The summed E-state index contributed by atoms with van der Waals surface area (Å²) in [5.74, 6) is -0.121. The van der Waals surface area contributed by atoms with Gasteiger partial charge in [-0.25, -0.2) is 4.68 Å². The van der Waals surface area contributed by atoms with E-state index < -0.39 is 0 Å². The van der Waals surface area contributed by atoms with Gasteiger partial charge in [0.15, 0.2) is 0 Å². The average Bonchev–Trinajstić information content (AvgIpc) is 3.11. The number of amides is 1. The van der Waals surface area contributed by atoms with Gasteiger partial charge in [0.2, 0.25) is 0 Å². The first kappa shape index (κ1) is 15.7. The number of hydrogen-bond donors (Lipinski definition) is 1. The third kappa shape index (κ3) is 2.46. The van der Waals surface area contributed by atoms with Crippen molar-refractivity contribution in [3.63, 3.8) is 0 Å². The van der Waals surface area contributed by atoms with Gasteiger partial charge in [-0.2, -0.15) is 0 Å². The minimum atomic E-state index is -0.143. The highest BCUT2D eigenvalue weighted by molar-refractivity contribution is 7.13. The van der Waals surface area contributed by atoms with Crippen molar-refractivity contribution in [1.29, 1.82) is 0 Å². The number of benzene rings is 1. The van der Waals surface area contributed by atoms with E-state index in [2.05, 4.69) is 5.43 Å². The Morgan fingerprint density at radius 2 is 1.96 bits per heavy atom. The second kappa shape index (κ2) is 5.89. The van der Waals surface area contributed by atoms with E-state index in [0.29, 0.717) is 23.4 Å². The molecule has 0 bridgehead atoms. The molecule has 25 heavy (non-hydrogen) atoms. The highest BCUT2D eigenvalue weighted by Gasteiger charge is 2.27. The van der Waals surface area contributed by atoms with E-state index in [1.54, 1.807) is 31.5 Å². The van der Waals surface area contributed by atoms with Crippen LogP contribution in [0.2, 0.25) is 0 Å². The van der Waals surface area contributed by atoms with Crippen molar-refractivity contribution >= 4 is 17.2 Å². The van der Waals surface area contributed by atoms with E-state index in [4.69, 9.17) is 0 Å². The van der Waals surface area contributed by atoms with Gasteiger partial charge in [0, 0.05) is 19.7 Å². The lowest BCUT2D eigenvalue weighted by Gasteiger charge is -2.25. The van der Waals surface area contributed by atoms with E-state index in [0.717, 1.165) is 16.0 Å². The molecule has 1 amide bonds. The molecular formula is C19H17N3O2S. The van der Waals surface area contributed by atoms with Crippen molar-refractivity contribution in [3.8, 4) is 21.7 Å². The van der Waals surface area contributed by atoms with Crippen LogP contribution in [0.25, 0.3) is 21.7 Å². The maximum atomic E-state index is 13.1. The summed E-state index contributed by atoms with van der Waals surface area (Å²) in [6, 6.07) is 13.2. The van der Waals surface area contributed by atoms with Crippen LogP contribution in [0.15, 0.2) is 52.6 Å². The van der Waals surface area contributed by atoms with Crippen molar-refractivity contribution in [3.05, 3.63) is 69.3 Å². The quantitative estimate of drug-likeness (QED) is 0.772. The van der Waals surface area contributed by atoms with Crippen LogP contribution in [0.3, 0.4) is 0 Å². The molecule has 3 heterocycles. The fourth-order valence-electron chi connectivity index (χ4n) is 3.07. The van der Waals surface area contributed by atoms with Gasteiger partial charge in [0.05, 0.1) is 22.7 Å². The van der Waals surface area contributed by atoms with E-state index >= 15 is 0 Å². The van der Waals surface area contributed by atoms with Crippen molar-refractivity contribution < 1.29 is 4.79 Å². The van der Waals surface area contributed by atoms with Crippen LogP contribution in [0.5, 0.6) is 0 Å². The Hall–Kier alpha value is -2.86. The Balaban J connectivity index is 2.06. The molecule has 0 atom stereocenters. The molecule has 126 valence electrons. The van der Waals surface area contributed by atoms with Gasteiger partial charge in [-0.1, -0.05) is 30.3 Å².